The van der Waals surface area contributed by atoms with Gasteiger partial charge in [0.05, 0.1) is 34.8 Å². The van der Waals surface area contributed by atoms with E-state index in [1.54, 1.807) is 12.2 Å². The molecule has 3 heterocycles. The molecule has 1 aromatic carbocycles. The topological polar surface area (TPSA) is 69.7 Å². The lowest BCUT2D eigenvalue weighted by molar-refractivity contribution is -0.313. The van der Waals surface area contributed by atoms with E-state index in [2.05, 4.69) is 0 Å². The van der Waals surface area contributed by atoms with Gasteiger partial charge in [0, 0.05) is 11.9 Å². The van der Waals surface area contributed by atoms with Gasteiger partial charge in [0.1, 0.15) is 5.60 Å². The van der Waals surface area contributed by atoms with E-state index in [4.69, 9.17) is 16.3 Å². The Morgan fingerprint density at radius 1 is 1.40 bits per heavy atom. The summed E-state index contributed by atoms with van der Waals surface area (Å²) in [6.07, 6.45) is -2.08. The molecule has 9 heteroatoms. The number of carboxylic acid groups (broad SMARTS) is 1. The van der Waals surface area contributed by atoms with E-state index >= 15 is 0 Å². The fraction of sp³-hybridized carbons (Fsp3) is 0.375. The molecule has 0 unspecified atom stereocenters. The highest BCUT2D eigenvalue weighted by atomic mass is 35.5. The minimum atomic E-state index is -4.56. The average Bonchev–Trinajstić information content (AvgIpc) is 3.14. The Kier molecular flexibility index (Phi) is 3.27. The highest BCUT2D eigenvalue weighted by molar-refractivity contribution is 6.34. The molecule has 2 fully saturated rings. The molecule has 4 atom stereocenters. The Labute approximate surface area is 144 Å². The molecular weight excluding hydrogens is 363 g/mol. The number of hydrogen-bond donors (Lipinski definition) is 0. The van der Waals surface area contributed by atoms with Crippen LogP contribution in [0.5, 0.6) is 0 Å². The van der Waals surface area contributed by atoms with Crippen molar-refractivity contribution in [3.63, 3.8) is 0 Å². The maximum atomic E-state index is 12.8. The molecule has 1 amide bonds. The van der Waals surface area contributed by atoms with Crippen molar-refractivity contribution < 1.29 is 32.6 Å². The second-order valence-electron chi connectivity index (χ2n) is 6.31. The van der Waals surface area contributed by atoms with Crippen LogP contribution in [0.15, 0.2) is 30.4 Å². The molecule has 3 aliphatic rings. The Hall–Kier alpha value is -2.06. The van der Waals surface area contributed by atoms with Gasteiger partial charge in [-0.3, -0.25) is 4.79 Å². The van der Waals surface area contributed by atoms with Crippen LogP contribution in [0, 0.1) is 11.8 Å². The fourth-order valence-electron chi connectivity index (χ4n) is 3.87. The highest BCUT2D eigenvalue weighted by Crippen LogP contribution is 2.53. The van der Waals surface area contributed by atoms with Gasteiger partial charge in [-0.25, -0.2) is 0 Å². The third-order valence-corrected chi connectivity index (χ3v) is 5.24. The van der Waals surface area contributed by atoms with Crippen molar-refractivity contribution in [3.05, 3.63) is 40.9 Å². The minimum absolute atomic E-state index is 0.0155. The van der Waals surface area contributed by atoms with Gasteiger partial charge in [0.25, 0.3) is 0 Å². The van der Waals surface area contributed by atoms with Crippen LogP contribution >= 0.6 is 11.6 Å². The highest BCUT2D eigenvalue weighted by Gasteiger charge is 2.65. The van der Waals surface area contributed by atoms with Crippen molar-refractivity contribution in [2.45, 2.75) is 17.9 Å². The van der Waals surface area contributed by atoms with Crippen molar-refractivity contribution in [2.24, 2.45) is 11.8 Å². The van der Waals surface area contributed by atoms with Crippen LogP contribution in [0.2, 0.25) is 5.02 Å². The van der Waals surface area contributed by atoms with Gasteiger partial charge >= 0.3 is 6.18 Å². The van der Waals surface area contributed by atoms with Crippen molar-refractivity contribution >= 4 is 29.2 Å². The number of anilines is 1. The summed E-state index contributed by atoms with van der Waals surface area (Å²) in [4.78, 5) is 25.3. The number of benzene rings is 1. The second-order valence-corrected chi connectivity index (χ2v) is 6.71. The van der Waals surface area contributed by atoms with Crippen molar-refractivity contribution in [2.75, 3.05) is 11.4 Å². The van der Waals surface area contributed by atoms with E-state index in [0.29, 0.717) is 0 Å². The van der Waals surface area contributed by atoms with E-state index in [1.807, 2.05) is 0 Å². The number of carboxylic acids is 1. The number of halogens is 4. The Balaban J connectivity index is 1.72. The molecule has 2 bridgehead atoms. The molecule has 1 spiro atoms. The largest absolute Gasteiger partial charge is 0.550 e. The van der Waals surface area contributed by atoms with Crippen LogP contribution in [-0.2, 0) is 20.5 Å². The zero-order valence-electron chi connectivity index (χ0n) is 12.4. The predicted molar refractivity (Wildman–Crippen MR) is 77.5 cm³/mol. The Morgan fingerprint density at radius 2 is 2.12 bits per heavy atom. The third-order valence-electron chi connectivity index (χ3n) is 4.94. The molecule has 0 aromatic heterocycles. The fourth-order valence-corrected chi connectivity index (χ4v) is 4.16. The zero-order chi connectivity index (χ0) is 18.1. The molecule has 0 saturated carbocycles. The number of nitrogens with zero attached hydrogens (tertiary/aromatic N) is 1. The first-order chi connectivity index (χ1) is 11.6. The Bertz CT molecular complexity index is 824. The zero-order valence-corrected chi connectivity index (χ0v) is 13.2. The molecule has 0 radical (unpaired) electrons. The number of carbonyl (C=O) groups is 2. The van der Waals surface area contributed by atoms with Crippen LogP contribution in [0.4, 0.5) is 18.9 Å². The summed E-state index contributed by atoms with van der Waals surface area (Å²) in [6, 6.07) is 2.66. The smallest absolute Gasteiger partial charge is 0.416 e. The lowest BCUT2D eigenvalue weighted by atomic mass is 9.77. The van der Waals surface area contributed by atoms with Crippen LogP contribution in [0.3, 0.4) is 0 Å². The van der Waals surface area contributed by atoms with Crippen LogP contribution in [0.1, 0.15) is 5.56 Å². The van der Waals surface area contributed by atoms with Gasteiger partial charge in [-0.2, -0.15) is 13.2 Å². The van der Waals surface area contributed by atoms with Crippen LogP contribution < -0.4 is 10.0 Å². The SMILES string of the molecule is O=C([O-])[C@H]1[C@H]2C=C[C@]3(CN(c4ccc(C(F)(F)F)cc4Cl)C(=O)[C@@H]13)O2. The first kappa shape index (κ1) is 16.4. The van der Waals surface area contributed by atoms with Gasteiger partial charge in [-0.05, 0) is 18.2 Å². The van der Waals surface area contributed by atoms with Gasteiger partial charge < -0.3 is 19.5 Å². The monoisotopic (exact) mass is 372 g/mol. The lowest BCUT2D eigenvalue weighted by Crippen LogP contribution is -2.45. The summed E-state index contributed by atoms with van der Waals surface area (Å²) in [5.41, 5.74) is -1.96. The van der Waals surface area contributed by atoms with Crippen LogP contribution in [0.25, 0.3) is 0 Å². The molecule has 0 N–H and O–H groups in total. The molecule has 4 rings (SSSR count). The maximum Gasteiger partial charge on any atom is 0.416 e. The molecule has 2 saturated heterocycles. The van der Waals surface area contributed by atoms with Gasteiger partial charge in [0.15, 0.2) is 0 Å². The molecule has 5 nitrogen and oxygen atoms in total. The number of aliphatic carboxylic acids is 1. The number of fused-ring (bicyclic) bond motifs is 1. The number of hydrogen-bond acceptors (Lipinski definition) is 4. The first-order valence-corrected chi connectivity index (χ1v) is 7.78. The molecule has 0 aliphatic carbocycles. The van der Waals surface area contributed by atoms with Crippen LogP contribution in [-0.4, -0.2) is 30.1 Å². The number of rotatable bonds is 2. The number of carbonyl (C=O) groups excluding carboxylic acids is 2. The van der Waals surface area contributed by atoms with E-state index in [9.17, 15) is 27.9 Å². The van der Waals surface area contributed by atoms with E-state index < -0.39 is 47.2 Å². The summed E-state index contributed by atoms with van der Waals surface area (Å²) in [7, 11) is 0. The lowest BCUT2D eigenvalue weighted by Gasteiger charge is -2.24. The minimum Gasteiger partial charge on any atom is -0.550 e. The van der Waals surface area contributed by atoms with E-state index in [1.165, 1.54) is 4.90 Å². The molecular formula is C16H10ClF3NO4-. The maximum absolute atomic E-state index is 12.8. The van der Waals surface area contributed by atoms with Gasteiger partial charge in [-0.1, -0.05) is 23.8 Å². The second kappa shape index (κ2) is 4.98. The predicted octanol–water partition coefficient (Wildman–Crippen LogP) is 1.40. The number of alkyl halides is 3. The summed E-state index contributed by atoms with van der Waals surface area (Å²) in [5.74, 6) is -4.06. The van der Waals surface area contributed by atoms with E-state index in [-0.39, 0.29) is 17.3 Å². The quantitative estimate of drug-likeness (QED) is 0.736. The summed E-state index contributed by atoms with van der Waals surface area (Å²) >= 11 is 5.95. The van der Waals surface area contributed by atoms with Crippen molar-refractivity contribution in [1.82, 2.24) is 0 Å². The first-order valence-electron chi connectivity index (χ1n) is 7.40. The van der Waals surface area contributed by atoms with Crippen molar-refractivity contribution in [3.8, 4) is 0 Å². The Morgan fingerprint density at radius 3 is 2.72 bits per heavy atom. The molecule has 132 valence electrons. The summed E-state index contributed by atoms with van der Waals surface area (Å²) in [5, 5.41) is 11.1. The normalized spacial score (nSPS) is 33.2. The van der Waals surface area contributed by atoms with Gasteiger partial charge in [-0.15, -0.1) is 0 Å². The number of ether oxygens (including phenoxy) is 1. The average molecular weight is 373 g/mol. The molecule has 25 heavy (non-hydrogen) atoms. The standard InChI is InChI=1S/C16H11ClF3NO4/c17-8-5-7(16(18,19)20)1-2-9(8)21-6-15-4-3-10(25-15)11(14(23)24)12(15)13(21)22/h1-5,10-12H,6H2,(H,23,24)/p-1/t10-,11+,12-,15-/m1/s1. The van der Waals surface area contributed by atoms with E-state index in [0.717, 1.165) is 18.2 Å². The summed E-state index contributed by atoms with van der Waals surface area (Å²) < 4.78 is 44.0. The molecule has 1 aromatic rings. The number of amides is 1. The molecule has 3 aliphatic heterocycles. The summed E-state index contributed by atoms with van der Waals surface area (Å²) in [6.45, 7) is -0.0155. The van der Waals surface area contributed by atoms with Gasteiger partial charge in [0.2, 0.25) is 5.91 Å². The van der Waals surface area contributed by atoms with Crippen molar-refractivity contribution in [1.29, 1.82) is 0 Å². The third kappa shape index (κ3) is 2.20.